The Labute approximate surface area is 238 Å². The van der Waals surface area contributed by atoms with E-state index in [4.69, 9.17) is 55.9 Å². The van der Waals surface area contributed by atoms with Gasteiger partial charge in [-0.05, 0) is 67.4 Å². The Balaban J connectivity index is 1.68. The minimum absolute atomic E-state index is 0.0905. The van der Waals surface area contributed by atoms with E-state index in [0.717, 1.165) is 4.90 Å². The summed E-state index contributed by atoms with van der Waals surface area (Å²) in [7, 11) is 0. The van der Waals surface area contributed by atoms with Gasteiger partial charge < -0.3 is 9.47 Å². The monoisotopic (exact) mass is 592 g/mol. The molecule has 0 aliphatic carbocycles. The first-order valence-corrected chi connectivity index (χ1v) is 12.8. The van der Waals surface area contributed by atoms with Crippen LogP contribution in [0.3, 0.4) is 0 Å². The number of nitrogens with one attached hydrogen (secondary N) is 1. The number of carbonyl (C=O) groups is 3. The summed E-state index contributed by atoms with van der Waals surface area (Å²) in [6.45, 7) is 3.89. The molecule has 11 heteroatoms. The van der Waals surface area contributed by atoms with E-state index in [1.54, 1.807) is 50.2 Å². The van der Waals surface area contributed by atoms with Crippen molar-refractivity contribution in [1.82, 2.24) is 5.32 Å². The number of aryl methyl sites for hydroxylation is 1. The molecule has 1 saturated heterocycles. The fraction of sp³-hybridized carbons (Fsp3) is 0.148. The Bertz CT molecular complexity index is 1490. The summed E-state index contributed by atoms with van der Waals surface area (Å²) < 4.78 is 11.6. The molecule has 7 nitrogen and oxygen atoms in total. The summed E-state index contributed by atoms with van der Waals surface area (Å²) in [6.07, 6.45) is 1.32. The molecule has 38 heavy (non-hydrogen) atoms. The summed E-state index contributed by atoms with van der Waals surface area (Å²) in [5, 5.41) is 3.63. The summed E-state index contributed by atoms with van der Waals surface area (Å²) in [4.78, 5) is 39.4. The number of nitrogens with zero attached hydrogens (tertiary/aromatic N) is 1. The van der Waals surface area contributed by atoms with Crippen molar-refractivity contribution in [2.24, 2.45) is 0 Å². The number of amides is 4. The van der Waals surface area contributed by atoms with Gasteiger partial charge in [0.1, 0.15) is 12.2 Å². The second kappa shape index (κ2) is 11.7. The normalized spacial score (nSPS) is 14.6. The smallest absolute Gasteiger partial charge is 0.335 e. The molecule has 0 radical (unpaired) electrons. The maximum absolute atomic E-state index is 13.3. The number of rotatable bonds is 7. The Kier molecular flexibility index (Phi) is 8.53. The van der Waals surface area contributed by atoms with E-state index >= 15 is 0 Å². The summed E-state index contributed by atoms with van der Waals surface area (Å²) in [5.74, 6) is -1.11. The molecule has 1 aliphatic rings. The van der Waals surface area contributed by atoms with Gasteiger partial charge >= 0.3 is 6.03 Å². The minimum Gasteiger partial charge on any atom is -0.490 e. The highest BCUT2D eigenvalue weighted by atomic mass is 35.5. The number of hydrogen-bond donors (Lipinski definition) is 1. The zero-order chi connectivity index (χ0) is 27.6. The molecule has 0 unspecified atom stereocenters. The van der Waals surface area contributed by atoms with E-state index in [2.05, 4.69) is 5.32 Å². The number of benzene rings is 3. The number of urea groups is 1. The van der Waals surface area contributed by atoms with Crippen molar-refractivity contribution < 1.29 is 23.9 Å². The molecule has 4 amide bonds. The number of ether oxygens (including phenoxy) is 2. The molecule has 3 aromatic carbocycles. The molecule has 4 rings (SSSR count). The van der Waals surface area contributed by atoms with E-state index < -0.39 is 17.8 Å². The number of carbonyl (C=O) groups excluding carboxylic acids is 3. The van der Waals surface area contributed by atoms with Crippen LogP contribution in [-0.4, -0.2) is 24.5 Å². The van der Waals surface area contributed by atoms with Gasteiger partial charge in [0.2, 0.25) is 0 Å². The van der Waals surface area contributed by atoms with Crippen LogP contribution in [0.25, 0.3) is 6.08 Å². The van der Waals surface area contributed by atoms with E-state index in [0.29, 0.717) is 44.1 Å². The van der Waals surface area contributed by atoms with Crippen LogP contribution in [0.2, 0.25) is 20.1 Å². The van der Waals surface area contributed by atoms with Gasteiger partial charge in [0.15, 0.2) is 11.5 Å². The fourth-order valence-corrected chi connectivity index (χ4v) is 4.63. The van der Waals surface area contributed by atoms with Crippen LogP contribution in [0, 0.1) is 6.92 Å². The lowest BCUT2D eigenvalue weighted by Gasteiger charge is -2.27. The number of hydrogen-bond acceptors (Lipinski definition) is 5. The van der Waals surface area contributed by atoms with Gasteiger partial charge in [0.25, 0.3) is 11.8 Å². The Morgan fingerprint density at radius 2 is 1.61 bits per heavy atom. The predicted molar refractivity (Wildman–Crippen MR) is 149 cm³/mol. The zero-order valence-corrected chi connectivity index (χ0v) is 23.1. The van der Waals surface area contributed by atoms with Crippen LogP contribution in [0.5, 0.6) is 11.5 Å². The summed E-state index contributed by atoms with van der Waals surface area (Å²) in [6, 6.07) is 12.0. The first kappa shape index (κ1) is 27.8. The molecule has 0 atom stereocenters. The highest BCUT2D eigenvalue weighted by Crippen LogP contribution is 2.39. The molecule has 0 aromatic heterocycles. The third-order valence-corrected chi connectivity index (χ3v) is 6.65. The van der Waals surface area contributed by atoms with Crippen molar-refractivity contribution in [1.29, 1.82) is 0 Å². The SMILES string of the molecule is CCOc1cc(/C=C2\C(=O)NC(=O)N(c3cc(Cl)ccc3C)C2=O)cc(Cl)c1OCc1ccc(Cl)cc1Cl. The van der Waals surface area contributed by atoms with Crippen LogP contribution < -0.4 is 19.7 Å². The van der Waals surface area contributed by atoms with Crippen molar-refractivity contribution in [3.8, 4) is 11.5 Å². The Hall–Kier alpha value is -3.23. The van der Waals surface area contributed by atoms with E-state index in [1.165, 1.54) is 18.2 Å². The van der Waals surface area contributed by atoms with Gasteiger partial charge in [0, 0.05) is 20.6 Å². The molecule has 0 bridgehead atoms. The molecular weight excluding hydrogens is 574 g/mol. The second-order valence-corrected chi connectivity index (χ2v) is 9.86. The molecule has 0 saturated carbocycles. The number of anilines is 1. The third-order valence-electron chi connectivity index (χ3n) is 5.54. The van der Waals surface area contributed by atoms with Gasteiger partial charge in [-0.15, -0.1) is 0 Å². The Morgan fingerprint density at radius 1 is 0.895 bits per heavy atom. The van der Waals surface area contributed by atoms with Gasteiger partial charge in [-0.25, -0.2) is 9.69 Å². The van der Waals surface area contributed by atoms with E-state index in [1.807, 2.05) is 0 Å². The first-order valence-electron chi connectivity index (χ1n) is 11.3. The fourth-order valence-electron chi connectivity index (χ4n) is 3.73. The maximum Gasteiger partial charge on any atom is 0.335 e. The molecule has 1 heterocycles. The number of halogens is 4. The topological polar surface area (TPSA) is 84.9 Å². The molecule has 3 aromatic rings. The van der Waals surface area contributed by atoms with Gasteiger partial charge in [-0.3, -0.25) is 14.9 Å². The quantitative estimate of drug-likeness (QED) is 0.230. The van der Waals surface area contributed by atoms with Gasteiger partial charge in [-0.1, -0.05) is 58.5 Å². The molecule has 1 aliphatic heterocycles. The van der Waals surface area contributed by atoms with E-state index in [9.17, 15) is 14.4 Å². The van der Waals surface area contributed by atoms with Crippen molar-refractivity contribution in [2.75, 3.05) is 11.5 Å². The second-order valence-electron chi connectivity index (χ2n) is 8.18. The van der Waals surface area contributed by atoms with Crippen LogP contribution in [-0.2, 0) is 16.2 Å². The molecule has 1 N–H and O–H groups in total. The number of barbiturate groups is 1. The lowest BCUT2D eigenvalue weighted by Crippen LogP contribution is -2.54. The summed E-state index contributed by atoms with van der Waals surface area (Å²) in [5.41, 5.74) is 1.67. The minimum atomic E-state index is -0.875. The maximum atomic E-state index is 13.3. The lowest BCUT2D eigenvalue weighted by molar-refractivity contribution is -0.122. The van der Waals surface area contributed by atoms with Crippen molar-refractivity contribution in [2.45, 2.75) is 20.5 Å². The van der Waals surface area contributed by atoms with Crippen molar-refractivity contribution in [3.63, 3.8) is 0 Å². The third kappa shape index (κ3) is 5.92. The molecule has 0 spiro atoms. The van der Waals surface area contributed by atoms with E-state index in [-0.39, 0.29) is 28.6 Å². The zero-order valence-electron chi connectivity index (χ0n) is 20.1. The highest BCUT2D eigenvalue weighted by molar-refractivity contribution is 6.40. The molecule has 1 fully saturated rings. The average molecular weight is 594 g/mol. The highest BCUT2D eigenvalue weighted by Gasteiger charge is 2.37. The van der Waals surface area contributed by atoms with Gasteiger partial charge in [-0.2, -0.15) is 0 Å². The van der Waals surface area contributed by atoms with Crippen molar-refractivity contribution >= 4 is 76.0 Å². The van der Waals surface area contributed by atoms with Crippen LogP contribution in [0.1, 0.15) is 23.6 Å². The molecule has 196 valence electrons. The summed E-state index contributed by atoms with van der Waals surface area (Å²) >= 11 is 24.8. The van der Waals surface area contributed by atoms with Crippen LogP contribution >= 0.6 is 46.4 Å². The van der Waals surface area contributed by atoms with Crippen LogP contribution in [0.4, 0.5) is 10.5 Å². The van der Waals surface area contributed by atoms with Gasteiger partial charge in [0.05, 0.1) is 17.3 Å². The Morgan fingerprint density at radius 3 is 2.32 bits per heavy atom. The first-order chi connectivity index (χ1) is 18.1. The standard InChI is InChI=1S/C27H20Cl4N2O5/c1-3-37-23-10-15(9-21(31)24(23)38-13-16-5-7-17(28)11-20(16)30)8-19-25(34)32-27(36)33(26(19)35)22-12-18(29)6-4-14(22)2/h4-12H,3,13H2,1-2H3,(H,32,34,36)/b19-8+. The largest absolute Gasteiger partial charge is 0.490 e. The average Bonchev–Trinajstić information content (AvgIpc) is 2.84. The number of imide groups is 2. The predicted octanol–water partition coefficient (Wildman–Crippen LogP) is 7.25. The van der Waals surface area contributed by atoms with Crippen LogP contribution in [0.15, 0.2) is 54.1 Å². The molecular formula is C27H20Cl4N2O5. The lowest BCUT2D eigenvalue weighted by atomic mass is 10.1. The van der Waals surface area contributed by atoms with Crippen molar-refractivity contribution in [3.05, 3.63) is 90.9 Å².